The van der Waals surface area contributed by atoms with Crippen LogP contribution in [-0.4, -0.2) is 35.7 Å². The van der Waals surface area contributed by atoms with Crippen molar-refractivity contribution in [2.24, 2.45) is 0 Å². The van der Waals surface area contributed by atoms with Crippen molar-refractivity contribution < 1.29 is 5.11 Å². The summed E-state index contributed by atoms with van der Waals surface area (Å²) in [5.41, 5.74) is 1.54. The van der Waals surface area contributed by atoms with Crippen molar-refractivity contribution in [3.8, 4) is 0 Å². The Hall–Kier alpha value is -0.0500. The number of halogens is 1. The highest BCUT2D eigenvalue weighted by molar-refractivity contribution is 6.25. The Morgan fingerprint density at radius 2 is 2.17 bits per heavy atom. The van der Waals surface area contributed by atoms with Gasteiger partial charge in [-0.3, -0.25) is 4.90 Å². The van der Waals surface area contributed by atoms with E-state index in [1.54, 1.807) is 0 Å². The first kappa shape index (κ1) is 11.9. The highest BCUT2D eigenvalue weighted by Crippen LogP contribution is 1.99. The van der Waals surface area contributed by atoms with E-state index in [4.69, 9.17) is 16.7 Å². The molecule has 3 heteroatoms. The molecule has 0 aromatic rings. The summed E-state index contributed by atoms with van der Waals surface area (Å²) >= 11 is 5.43. The predicted molar refractivity (Wildman–Crippen MR) is 53.4 cm³/mol. The van der Waals surface area contributed by atoms with Crippen molar-refractivity contribution in [3.05, 3.63) is 11.6 Å². The Morgan fingerprint density at radius 3 is 2.58 bits per heavy atom. The SMILES string of the molecule is CC(C)N(CC=CCl)CCCO. The summed E-state index contributed by atoms with van der Waals surface area (Å²) in [6, 6.07) is 0.504. The van der Waals surface area contributed by atoms with Gasteiger partial charge >= 0.3 is 0 Å². The second-order valence-corrected chi connectivity index (χ2v) is 3.28. The summed E-state index contributed by atoms with van der Waals surface area (Å²) in [6.07, 6.45) is 2.74. The van der Waals surface area contributed by atoms with Crippen LogP contribution in [0.25, 0.3) is 0 Å². The van der Waals surface area contributed by atoms with Gasteiger partial charge in [0.05, 0.1) is 0 Å². The number of nitrogens with zero attached hydrogens (tertiary/aromatic N) is 1. The molecule has 12 heavy (non-hydrogen) atoms. The molecule has 0 aromatic heterocycles. The van der Waals surface area contributed by atoms with Crippen molar-refractivity contribution in [3.63, 3.8) is 0 Å². The van der Waals surface area contributed by atoms with Gasteiger partial charge in [0.15, 0.2) is 0 Å². The minimum atomic E-state index is 0.258. The Morgan fingerprint density at radius 1 is 1.50 bits per heavy atom. The maximum Gasteiger partial charge on any atom is 0.0443 e. The molecule has 0 saturated heterocycles. The van der Waals surface area contributed by atoms with Crippen molar-refractivity contribution in [1.29, 1.82) is 0 Å². The highest BCUT2D eigenvalue weighted by Gasteiger charge is 2.05. The largest absolute Gasteiger partial charge is 0.396 e. The third-order valence-electron chi connectivity index (χ3n) is 1.76. The number of aliphatic hydroxyl groups is 1. The van der Waals surface area contributed by atoms with Gasteiger partial charge in [0.2, 0.25) is 0 Å². The lowest BCUT2D eigenvalue weighted by Crippen LogP contribution is -2.32. The quantitative estimate of drug-likeness (QED) is 0.693. The number of hydrogen-bond acceptors (Lipinski definition) is 2. The standard InChI is InChI=1S/C9H18ClNO/c1-9(2)11(6-3-5-10)7-4-8-12/h3,5,9,12H,4,6-8H2,1-2H3. The van der Waals surface area contributed by atoms with Crippen LogP contribution in [0.5, 0.6) is 0 Å². The van der Waals surface area contributed by atoms with Gasteiger partial charge in [-0.2, -0.15) is 0 Å². The summed E-state index contributed by atoms with van der Waals surface area (Å²) in [7, 11) is 0. The van der Waals surface area contributed by atoms with Gasteiger partial charge in [-0.25, -0.2) is 0 Å². The van der Waals surface area contributed by atoms with Gasteiger partial charge in [0, 0.05) is 31.3 Å². The molecule has 0 unspecified atom stereocenters. The molecule has 0 aromatic carbocycles. The average molecular weight is 192 g/mol. The fraction of sp³-hybridized carbons (Fsp3) is 0.778. The van der Waals surface area contributed by atoms with Gasteiger partial charge in [-0.1, -0.05) is 17.7 Å². The molecule has 2 nitrogen and oxygen atoms in total. The van der Waals surface area contributed by atoms with Crippen LogP contribution in [0.2, 0.25) is 0 Å². The Kier molecular flexibility index (Phi) is 7.56. The molecule has 0 radical (unpaired) electrons. The van der Waals surface area contributed by atoms with Crippen LogP contribution in [0.15, 0.2) is 11.6 Å². The van der Waals surface area contributed by atoms with Crippen molar-refractivity contribution in [2.75, 3.05) is 19.7 Å². The van der Waals surface area contributed by atoms with E-state index >= 15 is 0 Å². The summed E-state index contributed by atoms with van der Waals surface area (Å²) in [4.78, 5) is 2.26. The molecule has 0 heterocycles. The van der Waals surface area contributed by atoms with E-state index in [0.717, 1.165) is 19.5 Å². The average Bonchev–Trinajstić information content (AvgIpc) is 2.04. The topological polar surface area (TPSA) is 23.5 Å². The van der Waals surface area contributed by atoms with Gasteiger partial charge < -0.3 is 5.11 Å². The van der Waals surface area contributed by atoms with Crippen molar-refractivity contribution in [2.45, 2.75) is 26.3 Å². The summed E-state index contributed by atoms with van der Waals surface area (Å²) in [5.74, 6) is 0. The first-order valence-corrected chi connectivity index (χ1v) is 4.76. The monoisotopic (exact) mass is 191 g/mol. The first-order valence-electron chi connectivity index (χ1n) is 4.32. The van der Waals surface area contributed by atoms with Crippen LogP contribution in [-0.2, 0) is 0 Å². The fourth-order valence-corrected chi connectivity index (χ4v) is 1.09. The minimum absolute atomic E-state index is 0.258. The molecule has 0 fully saturated rings. The second-order valence-electron chi connectivity index (χ2n) is 3.03. The molecule has 0 amide bonds. The Balaban J connectivity index is 3.70. The van der Waals surface area contributed by atoms with Gasteiger partial charge in [0.25, 0.3) is 0 Å². The van der Waals surface area contributed by atoms with Crippen LogP contribution in [0, 0.1) is 0 Å². The van der Waals surface area contributed by atoms with E-state index in [1.165, 1.54) is 5.54 Å². The fourth-order valence-electron chi connectivity index (χ4n) is 1.01. The van der Waals surface area contributed by atoms with E-state index in [-0.39, 0.29) is 6.61 Å². The first-order chi connectivity index (χ1) is 5.72. The molecule has 1 N–H and O–H groups in total. The smallest absolute Gasteiger partial charge is 0.0443 e. The van der Waals surface area contributed by atoms with Gasteiger partial charge in [-0.15, -0.1) is 0 Å². The predicted octanol–water partition coefficient (Wildman–Crippen LogP) is 1.83. The van der Waals surface area contributed by atoms with E-state index < -0.39 is 0 Å². The number of hydrogen-bond donors (Lipinski definition) is 1. The lowest BCUT2D eigenvalue weighted by Gasteiger charge is -2.24. The van der Waals surface area contributed by atoms with Gasteiger partial charge in [0.1, 0.15) is 0 Å². The van der Waals surface area contributed by atoms with E-state index in [0.29, 0.717) is 6.04 Å². The lowest BCUT2D eigenvalue weighted by molar-refractivity contribution is 0.207. The third kappa shape index (κ3) is 5.58. The van der Waals surface area contributed by atoms with Crippen LogP contribution >= 0.6 is 11.6 Å². The molecule has 0 aliphatic rings. The Labute approximate surface area is 79.8 Å². The molecule has 0 rings (SSSR count). The third-order valence-corrected chi connectivity index (χ3v) is 1.94. The maximum atomic E-state index is 8.65. The van der Waals surface area contributed by atoms with Crippen molar-refractivity contribution in [1.82, 2.24) is 4.90 Å². The molecule has 0 saturated carbocycles. The molecule has 72 valence electrons. The lowest BCUT2D eigenvalue weighted by atomic mass is 10.3. The van der Waals surface area contributed by atoms with Crippen LogP contribution in [0.4, 0.5) is 0 Å². The van der Waals surface area contributed by atoms with Crippen LogP contribution in [0.1, 0.15) is 20.3 Å². The summed E-state index contributed by atoms with van der Waals surface area (Å²) in [5, 5.41) is 8.65. The molecule has 0 aliphatic carbocycles. The zero-order chi connectivity index (χ0) is 9.40. The minimum Gasteiger partial charge on any atom is -0.396 e. The summed E-state index contributed by atoms with van der Waals surface area (Å²) in [6.45, 7) is 6.32. The number of aliphatic hydroxyl groups excluding tert-OH is 1. The Bertz CT molecular complexity index is 126. The molecule has 0 atom stereocenters. The molecule has 0 aliphatic heterocycles. The van der Waals surface area contributed by atoms with E-state index in [1.807, 2.05) is 6.08 Å². The van der Waals surface area contributed by atoms with Crippen molar-refractivity contribution >= 4 is 11.6 Å². The molecule has 0 bridgehead atoms. The molecular weight excluding hydrogens is 174 g/mol. The second kappa shape index (κ2) is 7.59. The van der Waals surface area contributed by atoms with Gasteiger partial charge in [-0.05, 0) is 20.3 Å². The molecular formula is C9H18ClNO. The zero-order valence-electron chi connectivity index (χ0n) is 7.83. The van der Waals surface area contributed by atoms with E-state index in [9.17, 15) is 0 Å². The normalized spacial score (nSPS) is 12.2. The maximum absolute atomic E-state index is 8.65. The highest BCUT2D eigenvalue weighted by atomic mass is 35.5. The van der Waals surface area contributed by atoms with E-state index in [2.05, 4.69) is 18.7 Å². The molecule has 0 spiro atoms. The number of rotatable bonds is 6. The van der Waals surface area contributed by atoms with Crippen LogP contribution in [0.3, 0.4) is 0 Å². The van der Waals surface area contributed by atoms with Crippen LogP contribution < -0.4 is 0 Å². The summed E-state index contributed by atoms with van der Waals surface area (Å²) < 4.78 is 0. The zero-order valence-corrected chi connectivity index (χ0v) is 8.59.